The van der Waals surface area contributed by atoms with Gasteiger partial charge in [-0.05, 0) is 25.1 Å². The summed E-state index contributed by atoms with van der Waals surface area (Å²) in [4.78, 5) is 0. The van der Waals surface area contributed by atoms with Crippen molar-refractivity contribution < 1.29 is 31.1 Å². The van der Waals surface area contributed by atoms with E-state index in [9.17, 15) is 26.3 Å². The first-order valence-electron chi connectivity index (χ1n) is 5.23. The molecular formula is C13H10F6O. The SMILES string of the molecule is C=C(C)OC(=C)c1cc(C(F)(F)F)cc(C(F)(F)F)c1. The first-order chi connectivity index (χ1) is 8.91. The van der Waals surface area contributed by atoms with Crippen LogP contribution in [0.15, 0.2) is 37.1 Å². The van der Waals surface area contributed by atoms with Crippen LogP contribution in [0.5, 0.6) is 0 Å². The number of allylic oxidation sites excluding steroid dienone is 1. The summed E-state index contributed by atoms with van der Waals surface area (Å²) >= 11 is 0. The normalized spacial score (nSPS) is 12.2. The topological polar surface area (TPSA) is 9.23 Å². The molecule has 0 amide bonds. The van der Waals surface area contributed by atoms with Gasteiger partial charge in [0.15, 0.2) is 0 Å². The second-order valence-corrected chi connectivity index (χ2v) is 4.02. The molecule has 0 spiro atoms. The van der Waals surface area contributed by atoms with E-state index in [1.54, 1.807) is 0 Å². The maximum absolute atomic E-state index is 12.6. The standard InChI is InChI=1S/C13H10F6O/c1-7(2)20-8(3)9-4-10(12(14,15)16)6-11(5-9)13(17,18)19/h4-6H,1,3H2,2H3. The van der Waals surface area contributed by atoms with Crippen LogP contribution in [-0.2, 0) is 17.1 Å². The van der Waals surface area contributed by atoms with Crippen molar-refractivity contribution >= 4 is 5.76 Å². The summed E-state index contributed by atoms with van der Waals surface area (Å²) in [6.07, 6.45) is -9.81. The molecule has 0 saturated carbocycles. The van der Waals surface area contributed by atoms with Crippen LogP contribution in [0.2, 0.25) is 0 Å². The Balaban J connectivity index is 3.38. The molecule has 1 nitrogen and oxygen atoms in total. The average molecular weight is 296 g/mol. The van der Waals surface area contributed by atoms with Gasteiger partial charge in [-0.1, -0.05) is 13.2 Å². The molecule has 1 rings (SSSR count). The molecule has 1 aromatic rings. The zero-order valence-corrected chi connectivity index (χ0v) is 10.3. The van der Waals surface area contributed by atoms with Crippen molar-refractivity contribution in [3.05, 3.63) is 53.8 Å². The first kappa shape index (κ1) is 16.1. The fourth-order valence-corrected chi connectivity index (χ4v) is 1.39. The highest BCUT2D eigenvalue weighted by molar-refractivity contribution is 5.60. The lowest BCUT2D eigenvalue weighted by atomic mass is 10.0. The van der Waals surface area contributed by atoms with Gasteiger partial charge in [-0.3, -0.25) is 0 Å². The predicted molar refractivity (Wildman–Crippen MR) is 61.4 cm³/mol. The maximum Gasteiger partial charge on any atom is 0.416 e. The van der Waals surface area contributed by atoms with Crippen molar-refractivity contribution in [1.82, 2.24) is 0 Å². The minimum atomic E-state index is -4.90. The first-order valence-corrected chi connectivity index (χ1v) is 5.23. The molecule has 0 fully saturated rings. The Morgan fingerprint density at radius 1 is 0.900 bits per heavy atom. The molecular weight excluding hydrogens is 286 g/mol. The van der Waals surface area contributed by atoms with Crippen molar-refractivity contribution in [3.8, 4) is 0 Å². The van der Waals surface area contributed by atoms with Crippen molar-refractivity contribution in [2.75, 3.05) is 0 Å². The molecule has 0 bridgehead atoms. The number of halogens is 6. The van der Waals surface area contributed by atoms with Gasteiger partial charge in [0.2, 0.25) is 0 Å². The number of benzene rings is 1. The lowest BCUT2D eigenvalue weighted by Gasteiger charge is -2.15. The Morgan fingerprint density at radius 2 is 1.30 bits per heavy atom. The second-order valence-electron chi connectivity index (χ2n) is 4.02. The molecule has 1 aromatic carbocycles. The van der Waals surface area contributed by atoms with E-state index in [0.29, 0.717) is 12.1 Å². The Hall–Kier alpha value is -1.92. The van der Waals surface area contributed by atoms with Crippen LogP contribution in [0.4, 0.5) is 26.3 Å². The molecule has 0 atom stereocenters. The maximum atomic E-state index is 12.6. The van der Waals surface area contributed by atoms with Gasteiger partial charge in [-0.25, -0.2) is 0 Å². The van der Waals surface area contributed by atoms with Crippen LogP contribution in [0, 0.1) is 0 Å². The van der Waals surface area contributed by atoms with E-state index in [0.717, 1.165) is 0 Å². The molecule has 110 valence electrons. The van der Waals surface area contributed by atoms with Gasteiger partial charge in [0, 0.05) is 5.56 Å². The molecule has 0 aromatic heterocycles. The fraction of sp³-hybridized carbons (Fsp3) is 0.231. The van der Waals surface area contributed by atoms with Gasteiger partial charge in [-0.2, -0.15) is 26.3 Å². The van der Waals surface area contributed by atoms with E-state index in [-0.39, 0.29) is 17.6 Å². The number of ether oxygens (including phenoxy) is 1. The van der Waals surface area contributed by atoms with Crippen molar-refractivity contribution in [2.24, 2.45) is 0 Å². The molecule has 20 heavy (non-hydrogen) atoms. The molecule has 0 aliphatic rings. The lowest BCUT2D eigenvalue weighted by molar-refractivity contribution is -0.143. The lowest BCUT2D eigenvalue weighted by Crippen LogP contribution is -2.11. The summed E-state index contributed by atoms with van der Waals surface area (Å²) < 4.78 is 80.5. The summed E-state index contributed by atoms with van der Waals surface area (Å²) in [6, 6.07) is 1.12. The molecule has 0 radical (unpaired) electrons. The second kappa shape index (κ2) is 5.22. The third-order valence-corrected chi connectivity index (χ3v) is 2.21. The van der Waals surface area contributed by atoms with E-state index in [2.05, 4.69) is 13.2 Å². The quantitative estimate of drug-likeness (QED) is 0.547. The Morgan fingerprint density at radius 3 is 1.60 bits per heavy atom. The number of rotatable bonds is 3. The number of hydrogen-bond donors (Lipinski definition) is 0. The van der Waals surface area contributed by atoms with Gasteiger partial charge >= 0.3 is 12.4 Å². The fourth-order valence-electron chi connectivity index (χ4n) is 1.39. The molecule has 0 aliphatic heterocycles. The highest BCUT2D eigenvalue weighted by Crippen LogP contribution is 2.37. The van der Waals surface area contributed by atoms with Crippen molar-refractivity contribution in [2.45, 2.75) is 19.3 Å². The Labute approximate surface area is 111 Å². The summed E-state index contributed by atoms with van der Waals surface area (Å²) in [5.41, 5.74) is -3.25. The third-order valence-electron chi connectivity index (χ3n) is 2.21. The molecule has 0 N–H and O–H groups in total. The molecule has 7 heteroatoms. The summed E-state index contributed by atoms with van der Waals surface area (Å²) in [6.45, 7) is 8.02. The molecule has 0 heterocycles. The summed E-state index contributed by atoms with van der Waals surface area (Å²) in [5, 5.41) is 0. The zero-order valence-electron chi connectivity index (χ0n) is 10.3. The highest BCUT2D eigenvalue weighted by atomic mass is 19.4. The molecule has 0 aliphatic carbocycles. The van der Waals surface area contributed by atoms with Crippen LogP contribution in [0.1, 0.15) is 23.6 Å². The molecule has 0 unspecified atom stereocenters. The zero-order chi connectivity index (χ0) is 15.7. The average Bonchev–Trinajstić information content (AvgIpc) is 2.25. The smallest absolute Gasteiger partial charge is 0.416 e. The van der Waals surface area contributed by atoms with Crippen molar-refractivity contribution in [1.29, 1.82) is 0 Å². The Bertz CT molecular complexity index is 507. The van der Waals surface area contributed by atoms with Gasteiger partial charge in [0.1, 0.15) is 5.76 Å². The van der Waals surface area contributed by atoms with E-state index in [1.165, 1.54) is 6.92 Å². The van der Waals surface area contributed by atoms with Crippen LogP contribution >= 0.6 is 0 Å². The van der Waals surface area contributed by atoms with Gasteiger partial charge in [0.05, 0.1) is 16.9 Å². The summed E-state index contributed by atoms with van der Waals surface area (Å²) in [7, 11) is 0. The number of hydrogen-bond acceptors (Lipinski definition) is 1. The van der Waals surface area contributed by atoms with Crippen LogP contribution in [0.3, 0.4) is 0 Å². The minimum Gasteiger partial charge on any atom is -0.463 e. The summed E-state index contributed by atoms with van der Waals surface area (Å²) in [5.74, 6) is -0.241. The van der Waals surface area contributed by atoms with E-state index in [1.807, 2.05) is 0 Å². The largest absolute Gasteiger partial charge is 0.463 e. The van der Waals surface area contributed by atoms with Gasteiger partial charge in [0.25, 0.3) is 0 Å². The van der Waals surface area contributed by atoms with E-state index in [4.69, 9.17) is 4.74 Å². The Kier molecular flexibility index (Phi) is 4.21. The van der Waals surface area contributed by atoms with Gasteiger partial charge < -0.3 is 4.74 Å². The predicted octanol–water partition coefficient (Wildman–Crippen LogP) is 5.25. The highest BCUT2D eigenvalue weighted by Gasteiger charge is 2.37. The van der Waals surface area contributed by atoms with Crippen LogP contribution in [-0.4, -0.2) is 0 Å². The monoisotopic (exact) mass is 296 g/mol. The number of alkyl halides is 6. The molecule has 0 saturated heterocycles. The van der Waals surface area contributed by atoms with Crippen LogP contribution < -0.4 is 0 Å². The van der Waals surface area contributed by atoms with E-state index < -0.39 is 29.0 Å². The van der Waals surface area contributed by atoms with E-state index >= 15 is 0 Å². The van der Waals surface area contributed by atoms with Gasteiger partial charge in [-0.15, -0.1) is 0 Å². The minimum absolute atomic E-state index is 0.0392. The van der Waals surface area contributed by atoms with Crippen LogP contribution in [0.25, 0.3) is 5.76 Å². The third kappa shape index (κ3) is 4.04. The van der Waals surface area contributed by atoms with Crippen molar-refractivity contribution in [3.63, 3.8) is 0 Å².